The zero-order chi connectivity index (χ0) is 6.69. The summed E-state index contributed by atoms with van der Waals surface area (Å²) in [5.74, 6) is 0.127. The van der Waals surface area contributed by atoms with Crippen molar-refractivity contribution in [3.8, 4) is 0 Å². The topological polar surface area (TPSA) is 67.8 Å². The third-order valence-electron chi connectivity index (χ3n) is 0.722. The lowest BCUT2D eigenvalue weighted by atomic mass is 10.6. The summed E-state index contributed by atoms with van der Waals surface area (Å²) in [4.78, 5) is 14.3. The first-order chi connectivity index (χ1) is 4.29. The molecule has 0 aromatic rings. The van der Waals surface area contributed by atoms with Gasteiger partial charge in [0.15, 0.2) is 0 Å². The molecule has 1 rings (SSSR count). The number of hydrogen-bond donors (Lipinski definition) is 2. The molecule has 0 radical (unpaired) electrons. The van der Waals surface area contributed by atoms with E-state index >= 15 is 0 Å². The predicted octanol–water partition coefficient (Wildman–Crippen LogP) is 0.0572. The molecule has 1 aliphatic rings. The van der Waals surface area contributed by atoms with E-state index in [0.29, 0.717) is 6.61 Å². The Morgan fingerprint density at radius 2 is 2.78 bits per heavy atom. The molecule has 1 aliphatic heterocycles. The molecule has 0 amide bonds. The normalized spacial score (nSPS) is 16.2. The predicted molar refractivity (Wildman–Crippen MR) is 26.3 cm³/mol. The third kappa shape index (κ3) is 1.61. The third-order valence-corrected chi connectivity index (χ3v) is 0.722. The van der Waals surface area contributed by atoms with Gasteiger partial charge in [-0.2, -0.15) is 0 Å². The molecular weight excluding hydrogens is 126 g/mol. The van der Waals surface area contributed by atoms with Crippen molar-refractivity contribution in [2.75, 3.05) is 6.61 Å². The monoisotopic (exact) mass is 131 g/mol. The number of carbonyl (C=O) groups is 1. The van der Waals surface area contributed by atoms with Gasteiger partial charge < -0.3 is 9.84 Å². The van der Waals surface area contributed by atoms with E-state index < -0.39 is 6.16 Å². The van der Waals surface area contributed by atoms with E-state index in [-0.39, 0.29) is 5.88 Å². The van der Waals surface area contributed by atoms with E-state index in [9.17, 15) is 4.79 Å². The van der Waals surface area contributed by atoms with Gasteiger partial charge in [0.1, 0.15) is 0 Å². The second-order valence-electron chi connectivity index (χ2n) is 1.35. The molecule has 0 spiro atoms. The van der Waals surface area contributed by atoms with E-state index in [1.807, 2.05) is 0 Å². The summed E-state index contributed by atoms with van der Waals surface area (Å²) in [5.41, 5.74) is 2.25. The first-order valence-electron chi connectivity index (χ1n) is 2.28. The second kappa shape index (κ2) is 2.36. The van der Waals surface area contributed by atoms with Crippen molar-refractivity contribution in [3.05, 3.63) is 12.0 Å². The molecule has 0 unspecified atom stereocenters. The minimum atomic E-state index is -1.35. The smallest absolute Gasteiger partial charge is 0.449 e. The Bertz CT molecular complexity index is 153. The van der Waals surface area contributed by atoms with Gasteiger partial charge in [0.05, 0.1) is 6.61 Å². The standard InChI is InChI=1S/C4H5NO4/c6-4(7)9-3-1-2-8-5-3/h1,5H,2H2,(H,6,7). The van der Waals surface area contributed by atoms with Gasteiger partial charge in [0.25, 0.3) is 0 Å². The molecule has 0 aromatic heterocycles. The quantitative estimate of drug-likeness (QED) is 0.492. The van der Waals surface area contributed by atoms with Gasteiger partial charge in [-0.3, -0.25) is 4.84 Å². The van der Waals surface area contributed by atoms with Gasteiger partial charge in [0, 0.05) is 6.08 Å². The molecule has 2 N–H and O–H groups in total. The number of hydrogen-bond acceptors (Lipinski definition) is 4. The van der Waals surface area contributed by atoms with E-state index in [4.69, 9.17) is 5.11 Å². The van der Waals surface area contributed by atoms with Crippen LogP contribution in [0.25, 0.3) is 0 Å². The van der Waals surface area contributed by atoms with Gasteiger partial charge in [-0.1, -0.05) is 0 Å². The lowest BCUT2D eigenvalue weighted by Gasteiger charge is -1.97. The lowest BCUT2D eigenvalue weighted by Crippen LogP contribution is -2.11. The van der Waals surface area contributed by atoms with Crippen LogP contribution in [-0.2, 0) is 9.57 Å². The van der Waals surface area contributed by atoms with Crippen LogP contribution in [0.1, 0.15) is 0 Å². The first-order valence-corrected chi connectivity index (χ1v) is 2.28. The number of nitrogens with one attached hydrogen (secondary N) is 1. The van der Waals surface area contributed by atoms with Crippen LogP contribution >= 0.6 is 0 Å². The zero-order valence-corrected chi connectivity index (χ0v) is 4.46. The van der Waals surface area contributed by atoms with E-state index in [1.54, 1.807) is 0 Å². The summed E-state index contributed by atoms with van der Waals surface area (Å²) in [6.45, 7) is 0.336. The van der Waals surface area contributed by atoms with Gasteiger partial charge >= 0.3 is 6.16 Å². The highest BCUT2D eigenvalue weighted by molar-refractivity contribution is 5.58. The Morgan fingerprint density at radius 3 is 3.22 bits per heavy atom. The maximum absolute atomic E-state index is 9.80. The Labute approximate surface area is 50.8 Å². The van der Waals surface area contributed by atoms with Crippen LogP contribution in [0.5, 0.6) is 0 Å². The van der Waals surface area contributed by atoms with Crippen molar-refractivity contribution in [2.45, 2.75) is 0 Å². The molecule has 0 aliphatic carbocycles. The molecule has 0 aromatic carbocycles. The maximum atomic E-state index is 9.80. The molecular formula is C4H5NO4. The van der Waals surface area contributed by atoms with Crippen LogP contribution in [0.4, 0.5) is 4.79 Å². The van der Waals surface area contributed by atoms with Crippen molar-refractivity contribution in [1.29, 1.82) is 0 Å². The van der Waals surface area contributed by atoms with Gasteiger partial charge in [-0.15, -0.1) is 0 Å². The highest BCUT2D eigenvalue weighted by Gasteiger charge is 2.07. The van der Waals surface area contributed by atoms with Gasteiger partial charge in [0.2, 0.25) is 5.88 Å². The number of ether oxygens (including phenoxy) is 1. The summed E-state index contributed by atoms with van der Waals surface area (Å²) >= 11 is 0. The average Bonchev–Trinajstić information content (AvgIpc) is 2.15. The fourth-order valence-corrected chi connectivity index (χ4v) is 0.428. The van der Waals surface area contributed by atoms with Gasteiger partial charge in [-0.05, 0) is 0 Å². The zero-order valence-electron chi connectivity index (χ0n) is 4.46. The fourth-order valence-electron chi connectivity index (χ4n) is 0.428. The number of rotatable bonds is 1. The van der Waals surface area contributed by atoms with Crippen LogP contribution in [0.2, 0.25) is 0 Å². The van der Waals surface area contributed by atoms with Crippen LogP contribution in [0.15, 0.2) is 12.0 Å². The molecule has 50 valence electrons. The molecule has 5 nitrogen and oxygen atoms in total. The summed E-state index contributed by atoms with van der Waals surface area (Å²) in [5, 5.41) is 8.02. The lowest BCUT2D eigenvalue weighted by molar-refractivity contribution is 0.0561. The Hall–Kier alpha value is -1.23. The van der Waals surface area contributed by atoms with Crippen molar-refractivity contribution >= 4 is 6.16 Å². The molecule has 0 fully saturated rings. The largest absolute Gasteiger partial charge is 0.512 e. The first kappa shape index (κ1) is 5.90. The highest BCUT2D eigenvalue weighted by Crippen LogP contribution is 1.98. The highest BCUT2D eigenvalue weighted by atomic mass is 16.7. The minimum absolute atomic E-state index is 0.127. The van der Waals surface area contributed by atoms with Crippen molar-refractivity contribution < 1.29 is 19.5 Å². The molecule has 9 heavy (non-hydrogen) atoms. The van der Waals surface area contributed by atoms with Crippen LogP contribution < -0.4 is 5.48 Å². The van der Waals surface area contributed by atoms with Gasteiger partial charge in [-0.25, -0.2) is 10.3 Å². The molecule has 0 atom stereocenters. The Kier molecular flexibility index (Phi) is 1.55. The molecule has 1 heterocycles. The Balaban J connectivity index is 2.35. The summed E-state index contributed by atoms with van der Waals surface area (Å²) < 4.78 is 4.15. The Morgan fingerprint density at radius 1 is 2.00 bits per heavy atom. The molecule has 0 saturated carbocycles. The second-order valence-corrected chi connectivity index (χ2v) is 1.35. The maximum Gasteiger partial charge on any atom is 0.512 e. The van der Waals surface area contributed by atoms with Crippen LogP contribution in [0.3, 0.4) is 0 Å². The SMILES string of the molecule is O=C(O)OC1=CCON1. The number of hydroxylamine groups is 1. The summed E-state index contributed by atoms with van der Waals surface area (Å²) in [7, 11) is 0. The van der Waals surface area contributed by atoms with Crippen molar-refractivity contribution in [3.63, 3.8) is 0 Å². The van der Waals surface area contributed by atoms with Crippen LogP contribution in [0, 0.1) is 0 Å². The summed E-state index contributed by atoms with van der Waals surface area (Å²) in [6, 6.07) is 0. The van der Waals surface area contributed by atoms with E-state index in [1.165, 1.54) is 6.08 Å². The fraction of sp³-hybridized carbons (Fsp3) is 0.250. The summed E-state index contributed by atoms with van der Waals surface area (Å²) in [6.07, 6.45) is 0.132. The van der Waals surface area contributed by atoms with E-state index in [0.717, 1.165) is 0 Å². The minimum Gasteiger partial charge on any atom is -0.449 e. The van der Waals surface area contributed by atoms with E-state index in [2.05, 4.69) is 15.1 Å². The molecule has 5 heteroatoms. The van der Waals surface area contributed by atoms with Crippen LogP contribution in [-0.4, -0.2) is 17.9 Å². The number of carboxylic acid groups (broad SMARTS) is 1. The van der Waals surface area contributed by atoms with Crippen molar-refractivity contribution in [2.24, 2.45) is 0 Å². The molecule has 0 bridgehead atoms. The molecule has 0 saturated heterocycles. The van der Waals surface area contributed by atoms with Crippen molar-refractivity contribution in [1.82, 2.24) is 5.48 Å². The average molecular weight is 131 g/mol.